The third-order valence-electron chi connectivity index (χ3n) is 11.6. The van der Waals surface area contributed by atoms with Crippen molar-refractivity contribution in [3.63, 3.8) is 0 Å². The molecule has 0 unspecified atom stereocenters. The molecule has 11 aromatic rings. The summed E-state index contributed by atoms with van der Waals surface area (Å²) in [5.74, 6) is 0. The second-order valence-electron chi connectivity index (χ2n) is 14.8. The van der Waals surface area contributed by atoms with E-state index in [0.717, 1.165) is 0 Å². The van der Waals surface area contributed by atoms with E-state index in [4.69, 9.17) is 0 Å². The van der Waals surface area contributed by atoms with Gasteiger partial charge in [0, 0.05) is 0 Å². The fourth-order valence-corrected chi connectivity index (χ4v) is 9.14. The lowest BCUT2D eigenvalue weighted by Crippen LogP contribution is -1.93. The summed E-state index contributed by atoms with van der Waals surface area (Å²) in [6.45, 7) is 0. The summed E-state index contributed by atoms with van der Waals surface area (Å²) in [6.07, 6.45) is 0. The van der Waals surface area contributed by atoms with Gasteiger partial charge in [-0.1, -0.05) is 194 Å². The average Bonchev–Trinajstić information content (AvgIpc) is 3.28. The van der Waals surface area contributed by atoms with Gasteiger partial charge >= 0.3 is 0 Å². The molecule has 0 amide bonds. The van der Waals surface area contributed by atoms with Crippen LogP contribution in [0.15, 0.2) is 218 Å². The molecule has 0 saturated carbocycles. The number of rotatable bonds is 5. The Balaban J connectivity index is 1.21. The first-order valence-electron chi connectivity index (χ1n) is 19.4. The molecule has 0 bridgehead atoms. The Morgan fingerprint density at radius 2 is 0.589 bits per heavy atom. The van der Waals surface area contributed by atoms with Crippen molar-refractivity contribution in [2.75, 3.05) is 0 Å². The van der Waals surface area contributed by atoms with Gasteiger partial charge < -0.3 is 0 Å². The summed E-state index contributed by atoms with van der Waals surface area (Å²) in [6, 6.07) is 80.3. The third kappa shape index (κ3) is 5.22. The summed E-state index contributed by atoms with van der Waals surface area (Å²) in [5, 5.41) is 12.6. The molecular formula is C56H36. The van der Waals surface area contributed by atoms with Crippen molar-refractivity contribution in [2.45, 2.75) is 0 Å². The van der Waals surface area contributed by atoms with Gasteiger partial charge in [0.2, 0.25) is 0 Å². The second-order valence-corrected chi connectivity index (χ2v) is 14.8. The Labute approximate surface area is 326 Å². The van der Waals surface area contributed by atoms with E-state index in [2.05, 4.69) is 218 Å². The van der Waals surface area contributed by atoms with Crippen LogP contribution in [0, 0.1) is 0 Å². The minimum absolute atomic E-state index is 1.21. The van der Waals surface area contributed by atoms with Gasteiger partial charge in [-0.3, -0.25) is 0 Å². The molecule has 0 radical (unpaired) electrons. The third-order valence-corrected chi connectivity index (χ3v) is 11.6. The van der Waals surface area contributed by atoms with Crippen molar-refractivity contribution in [1.82, 2.24) is 0 Å². The maximum atomic E-state index is 2.40. The van der Waals surface area contributed by atoms with E-state index >= 15 is 0 Å². The smallest absolute Gasteiger partial charge is 0.00201 e. The molecule has 0 fully saturated rings. The van der Waals surface area contributed by atoms with Crippen molar-refractivity contribution in [3.05, 3.63) is 218 Å². The number of benzene rings is 11. The van der Waals surface area contributed by atoms with Crippen LogP contribution in [0.2, 0.25) is 0 Å². The summed E-state index contributed by atoms with van der Waals surface area (Å²) in [7, 11) is 0. The fraction of sp³-hybridized carbons (Fsp3) is 0. The Kier molecular flexibility index (Phi) is 7.60. The van der Waals surface area contributed by atoms with E-state index in [-0.39, 0.29) is 0 Å². The molecule has 56 heavy (non-hydrogen) atoms. The first kappa shape index (κ1) is 32.2. The first-order valence-corrected chi connectivity index (χ1v) is 19.4. The van der Waals surface area contributed by atoms with Crippen LogP contribution in [0.4, 0.5) is 0 Å². The molecule has 11 rings (SSSR count). The maximum absolute atomic E-state index is 2.40. The largest absolute Gasteiger partial charge is 0.0622 e. The first-order chi connectivity index (χ1) is 27.8. The van der Waals surface area contributed by atoms with Gasteiger partial charge in [-0.05, 0) is 134 Å². The van der Waals surface area contributed by atoms with Crippen LogP contribution in [0.25, 0.3) is 109 Å². The normalized spacial score (nSPS) is 11.6. The van der Waals surface area contributed by atoms with E-state index in [1.807, 2.05) is 0 Å². The van der Waals surface area contributed by atoms with E-state index in [9.17, 15) is 0 Å². The summed E-state index contributed by atoms with van der Waals surface area (Å²) < 4.78 is 0. The van der Waals surface area contributed by atoms with E-state index in [1.54, 1.807) is 0 Å². The predicted molar refractivity (Wildman–Crippen MR) is 241 cm³/mol. The van der Waals surface area contributed by atoms with Crippen LogP contribution in [-0.2, 0) is 0 Å². The van der Waals surface area contributed by atoms with E-state index < -0.39 is 0 Å². The topological polar surface area (TPSA) is 0 Å². The zero-order chi connectivity index (χ0) is 37.0. The average molecular weight is 709 g/mol. The van der Waals surface area contributed by atoms with Crippen molar-refractivity contribution >= 4 is 53.9 Å². The minimum Gasteiger partial charge on any atom is -0.0622 e. The summed E-state index contributed by atoms with van der Waals surface area (Å²) >= 11 is 0. The molecule has 0 N–H and O–H groups in total. The summed E-state index contributed by atoms with van der Waals surface area (Å²) in [5.41, 5.74) is 12.4. The Morgan fingerprint density at radius 1 is 0.179 bits per heavy atom. The zero-order valence-corrected chi connectivity index (χ0v) is 30.8. The van der Waals surface area contributed by atoms with Gasteiger partial charge in [0.15, 0.2) is 0 Å². The SMILES string of the molecule is c1ccc(-c2cc(-c3ccccc3)cc(-c3c4ccccc4c(-c4cccc5c4ccc4c(-c6ccccc6)c6ccccc6cc45)c4ccccc34)c2)cc1. The molecule has 0 aliphatic heterocycles. The predicted octanol–water partition coefficient (Wildman–Crippen LogP) is 15.8. The van der Waals surface area contributed by atoms with Crippen LogP contribution in [0.3, 0.4) is 0 Å². The molecule has 0 heterocycles. The van der Waals surface area contributed by atoms with Crippen molar-refractivity contribution in [2.24, 2.45) is 0 Å². The van der Waals surface area contributed by atoms with Crippen molar-refractivity contribution in [1.29, 1.82) is 0 Å². The lowest BCUT2D eigenvalue weighted by Gasteiger charge is -2.20. The number of hydrogen-bond acceptors (Lipinski definition) is 0. The Hall–Kier alpha value is -7.28. The highest BCUT2D eigenvalue weighted by atomic mass is 14.2. The van der Waals surface area contributed by atoms with Crippen LogP contribution in [-0.4, -0.2) is 0 Å². The Bertz CT molecular complexity index is 3150. The van der Waals surface area contributed by atoms with Crippen LogP contribution in [0.1, 0.15) is 0 Å². The van der Waals surface area contributed by atoms with Gasteiger partial charge in [-0.2, -0.15) is 0 Å². The highest BCUT2D eigenvalue weighted by Crippen LogP contribution is 2.48. The van der Waals surface area contributed by atoms with Crippen molar-refractivity contribution < 1.29 is 0 Å². The molecule has 0 aliphatic rings. The van der Waals surface area contributed by atoms with E-state index in [1.165, 1.54) is 109 Å². The lowest BCUT2D eigenvalue weighted by atomic mass is 9.83. The molecule has 0 saturated heterocycles. The molecule has 0 nitrogen and oxygen atoms in total. The standard InChI is InChI=1S/C56H36/c1-4-17-37(18-5-1)41-33-42(38-19-6-2-7-20-38)35-43(34-41)55-48-25-12-14-27-50(48)56(51-28-15-13-26-49(51)55)47-30-16-29-45-46(47)31-32-52-53(45)36-40-23-10-11-24-44(40)54(52)39-21-8-3-9-22-39/h1-36H. The molecule has 0 heteroatoms. The number of hydrogen-bond donors (Lipinski definition) is 0. The number of fused-ring (bicyclic) bond motifs is 6. The van der Waals surface area contributed by atoms with Crippen LogP contribution < -0.4 is 0 Å². The molecule has 11 aromatic carbocycles. The molecule has 0 atom stereocenters. The molecule has 260 valence electrons. The Morgan fingerprint density at radius 3 is 1.18 bits per heavy atom. The maximum Gasteiger partial charge on any atom is -0.00201 e. The lowest BCUT2D eigenvalue weighted by molar-refractivity contribution is 1.58. The molecule has 0 spiro atoms. The van der Waals surface area contributed by atoms with Crippen LogP contribution >= 0.6 is 0 Å². The quantitative estimate of drug-likeness (QED) is 0.123. The second kappa shape index (κ2) is 13.2. The van der Waals surface area contributed by atoms with Gasteiger partial charge in [0.1, 0.15) is 0 Å². The van der Waals surface area contributed by atoms with Gasteiger partial charge in [-0.15, -0.1) is 0 Å². The highest BCUT2D eigenvalue weighted by Gasteiger charge is 2.20. The van der Waals surface area contributed by atoms with Crippen molar-refractivity contribution in [3.8, 4) is 55.6 Å². The minimum atomic E-state index is 1.21. The van der Waals surface area contributed by atoms with Gasteiger partial charge in [0.25, 0.3) is 0 Å². The zero-order valence-electron chi connectivity index (χ0n) is 30.8. The monoisotopic (exact) mass is 708 g/mol. The molecule has 0 aromatic heterocycles. The van der Waals surface area contributed by atoms with Gasteiger partial charge in [-0.25, -0.2) is 0 Å². The molecular weight excluding hydrogens is 673 g/mol. The van der Waals surface area contributed by atoms with E-state index in [0.29, 0.717) is 0 Å². The fourth-order valence-electron chi connectivity index (χ4n) is 9.14. The molecule has 0 aliphatic carbocycles. The van der Waals surface area contributed by atoms with Crippen LogP contribution in [0.5, 0.6) is 0 Å². The summed E-state index contributed by atoms with van der Waals surface area (Å²) in [4.78, 5) is 0. The van der Waals surface area contributed by atoms with Gasteiger partial charge in [0.05, 0.1) is 0 Å². The highest BCUT2D eigenvalue weighted by molar-refractivity contribution is 6.27.